The number of carbonyl (C=O) groups is 1. The standard InChI is InChI=1S/C35H27N7O2/c1-22-30(33-36-19-10-20-41(33)39-22)34(43)37-23(2)32-38-28-15-9-11-24(31(28)35(44)42(32)26-12-5-4-6-13-26)17-18-25-21-40(3)29-16-8-7-14-27(25)29/h4-16,19-21,23H,1-3H3,(H,37,43). The van der Waals surface area contributed by atoms with Gasteiger partial charge in [-0.15, -0.1) is 0 Å². The Labute approximate surface area is 252 Å². The highest BCUT2D eigenvalue weighted by atomic mass is 16.2. The Morgan fingerprint density at radius 2 is 1.70 bits per heavy atom. The van der Waals surface area contributed by atoms with Crippen LogP contribution in [0.4, 0.5) is 0 Å². The van der Waals surface area contributed by atoms with E-state index in [0.717, 1.165) is 16.5 Å². The van der Waals surface area contributed by atoms with Gasteiger partial charge in [-0.3, -0.25) is 14.2 Å². The summed E-state index contributed by atoms with van der Waals surface area (Å²) in [5.41, 5.74) is 4.78. The van der Waals surface area contributed by atoms with Crippen LogP contribution in [0, 0.1) is 18.8 Å². The Kier molecular flexibility index (Phi) is 6.52. The van der Waals surface area contributed by atoms with Crippen LogP contribution < -0.4 is 10.9 Å². The van der Waals surface area contributed by atoms with E-state index in [1.807, 2.05) is 85.4 Å². The van der Waals surface area contributed by atoms with Crippen molar-refractivity contribution in [2.75, 3.05) is 0 Å². The Morgan fingerprint density at radius 1 is 0.932 bits per heavy atom. The molecular formula is C35H27N7O2. The maximum Gasteiger partial charge on any atom is 0.267 e. The molecule has 1 N–H and O–H groups in total. The predicted octanol–water partition coefficient (Wildman–Crippen LogP) is 5.12. The highest BCUT2D eigenvalue weighted by Crippen LogP contribution is 2.23. The Morgan fingerprint density at radius 3 is 2.55 bits per heavy atom. The first kappa shape index (κ1) is 26.9. The molecule has 4 aromatic heterocycles. The van der Waals surface area contributed by atoms with Gasteiger partial charge in [-0.2, -0.15) is 5.10 Å². The number of amides is 1. The van der Waals surface area contributed by atoms with Gasteiger partial charge in [-0.25, -0.2) is 14.5 Å². The predicted molar refractivity (Wildman–Crippen MR) is 170 cm³/mol. The van der Waals surface area contributed by atoms with Gasteiger partial charge in [-0.05, 0) is 50.2 Å². The fraction of sp³-hybridized carbons (Fsp3) is 0.114. The number of aryl methyl sites for hydroxylation is 2. The zero-order chi connectivity index (χ0) is 30.4. The number of hydrogen-bond donors (Lipinski definition) is 1. The molecule has 0 radical (unpaired) electrons. The van der Waals surface area contributed by atoms with E-state index in [0.29, 0.717) is 44.9 Å². The quantitative estimate of drug-likeness (QED) is 0.293. The molecule has 1 atom stereocenters. The number of nitrogens with one attached hydrogen (secondary N) is 1. The summed E-state index contributed by atoms with van der Waals surface area (Å²) < 4.78 is 5.17. The van der Waals surface area contributed by atoms with Gasteiger partial charge in [0.1, 0.15) is 11.4 Å². The van der Waals surface area contributed by atoms with Gasteiger partial charge in [-0.1, -0.05) is 54.3 Å². The van der Waals surface area contributed by atoms with Crippen LogP contribution in [0.3, 0.4) is 0 Å². The summed E-state index contributed by atoms with van der Waals surface area (Å²) in [5, 5.41) is 8.90. The Hall–Kier alpha value is -6.01. The number of hydrogen-bond acceptors (Lipinski definition) is 5. The third-order valence-electron chi connectivity index (χ3n) is 7.70. The van der Waals surface area contributed by atoms with Gasteiger partial charge in [0, 0.05) is 42.1 Å². The molecular weight excluding hydrogens is 550 g/mol. The number of benzene rings is 3. The van der Waals surface area contributed by atoms with Gasteiger partial charge in [0.2, 0.25) is 0 Å². The highest BCUT2D eigenvalue weighted by Gasteiger charge is 2.24. The molecule has 44 heavy (non-hydrogen) atoms. The van der Waals surface area contributed by atoms with Crippen molar-refractivity contribution in [1.29, 1.82) is 0 Å². The largest absolute Gasteiger partial charge is 0.349 e. The van der Waals surface area contributed by atoms with E-state index in [-0.39, 0.29) is 11.5 Å². The number of fused-ring (bicyclic) bond motifs is 3. The second-order valence-electron chi connectivity index (χ2n) is 10.6. The Balaban J connectivity index is 1.35. The average Bonchev–Trinajstić information content (AvgIpc) is 3.55. The van der Waals surface area contributed by atoms with Crippen molar-refractivity contribution in [2.45, 2.75) is 19.9 Å². The smallest absolute Gasteiger partial charge is 0.267 e. The summed E-state index contributed by atoms with van der Waals surface area (Å²) in [4.78, 5) is 37.2. The molecule has 0 fully saturated rings. The number of carbonyl (C=O) groups excluding carboxylic acids is 1. The van der Waals surface area contributed by atoms with Gasteiger partial charge in [0.05, 0.1) is 33.9 Å². The first-order valence-electron chi connectivity index (χ1n) is 14.2. The van der Waals surface area contributed by atoms with Crippen molar-refractivity contribution in [3.63, 3.8) is 0 Å². The lowest BCUT2D eigenvalue weighted by molar-refractivity contribution is 0.0938. The first-order valence-corrected chi connectivity index (χ1v) is 14.2. The average molecular weight is 578 g/mol. The zero-order valence-corrected chi connectivity index (χ0v) is 24.3. The summed E-state index contributed by atoms with van der Waals surface area (Å²) in [6.45, 7) is 3.58. The van der Waals surface area contributed by atoms with E-state index < -0.39 is 6.04 Å². The minimum atomic E-state index is -0.636. The van der Waals surface area contributed by atoms with E-state index in [1.165, 1.54) is 0 Å². The van der Waals surface area contributed by atoms with Gasteiger partial charge >= 0.3 is 0 Å². The van der Waals surface area contributed by atoms with Crippen LogP contribution in [0.25, 0.3) is 33.1 Å². The monoisotopic (exact) mass is 577 g/mol. The molecule has 3 aromatic carbocycles. The molecule has 1 amide bonds. The molecule has 0 aliphatic rings. The first-order chi connectivity index (χ1) is 21.4. The third-order valence-corrected chi connectivity index (χ3v) is 7.70. The fourth-order valence-corrected chi connectivity index (χ4v) is 5.64. The lowest BCUT2D eigenvalue weighted by Crippen LogP contribution is -2.33. The molecule has 0 spiro atoms. The molecule has 9 nitrogen and oxygen atoms in total. The number of nitrogens with zero attached hydrogens (tertiary/aromatic N) is 6. The van der Waals surface area contributed by atoms with Crippen LogP contribution in [0.15, 0.2) is 102 Å². The summed E-state index contributed by atoms with van der Waals surface area (Å²) in [6, 6.07) is 24.0. The van der Waals surface area contributed by atoms with E-state index >= 15 is 0 Å². The highest BCUT2D eigenvalue weighted by molar-refractivity contribution is 6.01. The van der Waals surface area contributed by atoms with Crippen LogP contribution in [0.5, 0.6) is 0 Å². The van der Waals surface area contributed by atoms with E-state index in [1.54, 1.807) is 40.5 Å². The third kappa shape index (κ3) is 4.50. The van der Waals surface area contributed by atoms with Gasteiger partial charge in [0.15, 0.2) is 5.65 Å². The summed E-state index contributed by atoms with van der Waals surface area (Å²) >= 11 is 0. The number of rotatable bonds is 4. The van der Waals surface area contributed by atoms with Crippen LogP contribution in [-0.4, -0.2) is 34.6 Å². The summed E-state index contributed by atoms with van der Waals surface area (Å²) in [7, 11) is 1.99. The zero-order valence-electron chi connectivity index (χ0n) is 24.3. The van der Waals surface area contributed by atoms with E-state index in [2.05, 4.69) is 33.3 Å². The van der Waals surface area contributed by atoms with Gasteiger partial charge < -0.3 is 9.88 Å². The molecule has 9 heteroatoms. The number of aromatic nitrogens is 6. The molecule has 1 unspecified atom stereocenters. The summed E-state index contributed by atoms with van der Waals surface area (Å²) in [6.07, 6.45) is 5.36. The lowest BCUT2D eigenvalue weighted by atomic mass is 10.1. The lowest BCUT2D eigenvalue weighted by Gasteiger charge is -2.20. The van der Waals surface area contributed by atoms with E-state index in [4.69, 9.17) is 4.98 Å². The molecule has 0 aliphatic heterocycles. The van der Waals surface area contributed by atoms with Crippen LogP contribution >= 0.6 is 0 Å². The minimum Gasteiger partial charge on any atom is -0.349 e. The van der Waals surface area contributed by atoms with Crippen LogP contribution in [-0.2, 0) is 7.05 Å². The SMILES string of the molecule is Cc1nn2cccnc2c1C(=O)NC(C)c1nc2cccc(C#Cc3cn(C)c4ccccc34)c2c(=O)n1-c1ccccc1. The van der Waals surface area contributed by atoms with Crippen LogP contribution in [0.1, 0.15) is 46.0 Å². The minimum absolute atomic E-state index is 0.269. The summed E-state index contributed by atoms with van der Waals surface area (Å²) in [5.74, 6) is 6.57. The van der Waals surface area contributed by atoms with Crippen molar-refractivity contribution in [2.24, 2.45) is 7.05 Å². The molecule has 0 bridgehead atoms. The van der Waals surface area contributed by atoms with E-state index in [9.17, 15) is 9.59 Å². The number of para-hydroxylation sites is 2. The van der Waals surface area contributed by atoms with Crippen molar-refractivity contribution < 1.29 is 4.79 Å². The molecule has 0 saturated heterocycles. The van der Waals surface area contributed by atoms with Crippen molar-refractivity contribution in [1.82, 2.24) is 34.0 Å². The van der Waals surface area contributed by atoms with Crippen molar-refractivity contribution >= 4 is 33.4 Å². The second-order valence-corrected chi connectivity index (χ2v) is 10.6. The Bertz CT molecular complexity index is 2350. The molecule has 214 valence electrons. The van der Waals surface area contributed by atoms with Crippen molar-refractivity contribution in [3.8, 4) is 17.5 Å². The second kappa shape index (κ2) is 10.7. The maximum atomic E-state index is 14.4. The molecule has 7 rings (SSSR count). The molecule has 7 aromatic rings. The molecule has 4 heterocycles. The normalized spacial score (nSPS) is 11.9. The van der Waals surface area contributed by atoms with Crippen LogP contribution in [0.2, 0.25) is 0 Å². The molecule has 0 saturated carbocycles. The molecule has 0 aliphatic carbocycles. The van der Waals surface area contributed by atoms with Crippen molar-refractivity contribution in [3.05, 3.63) is 136 Å². The van der Waals surface area contributed by atoms with Gasteiger partial charge in [0.25, 0.3) is 11.5 Å². The fourth-order valence-electron chi connectivity index (χ4n) is 5.64. The topological polar surface area (TPSA) is 99.1 Å². The maximum absolute atomic E-state index is 14.4.